The molecule has 0 aromatic carbocycles. The van der Waals surface area contributed by atoms with Crippen molar-refractivity contribution in [3.63, 3.8) is 0 Å². The molecule has 0 aliphatic carbocycles. The van der Waals surface area contributed by atoms with E-state index in [0.29, 0.717) is 18.7 Å². The van der Waals surface area contributed by atoms with Gasteiger partial charge in [0.05, 0.1) is 12.3 Å². The predicted molar refractivity (Wildman–Crippen MR) is 72.8 cm³/mol. The lowest BCUT2D eigenvalue weighted by Crippen LogP contribution is -2.49. The summed E-state index contributed by atoms with van der Waals surface area (Å²) in [4.78, 5) is 36.7. The smallest absolute Gasteiger partial charge is 0.322 e. The van der Waals surface area contributed by atoms with E-state index in [4.69, 9.17) is 0 Å². The van der Waals surface area contributed by atoms with Gasteiger partial charge in [-0.2, -0.15) is 0 Å². The largest absolute Gasteiger partial charge is 0.339 e. The summed E-state index contributed by atoms with van der Waals surface area (Å²) in [6.07, 6.45) is 0.483. The van der Waals surface area contributed by atoms with Gasteiger partial charge in [0.1, 0.15) is 5.54 Å². The van der Waals surface area contributed by atoms with Gasteiger partial charge < -0.3 is 10.2 Å². The molecule has 0 bridgehead atoms. The molecule has 0 aromatic heterocycles. The van der Waals surface area contributed by atoms with Crippen LogP contribution in [0, 0.1) is 0 Å². The first-order valence-corrected chi connectivity index (χ1v) is 7.26. The van der Waals surface area contributed by atoms with Gasteiger partial charge in [-0.15, -0.1) is 11.8 Å². The van der Waals surface area contributed by atoms with Gasteiger partial charge >= 0.3 is 6.03 Å². The maximum absolute atomic E-state index is 12.1. The highest BCUT2D eigenvalue weighted by Gasteiger charge is 2.51. The molecular formula is C12H19N3O3S. The molecule has 1 spiro atoms. The summed E-state index contributed by atoms with van der Waals surface area (Å²) in [6.45, 7) is 6.95. The van der Waals surface area contributed by atoms with E-state index >= 15 is 0 Å². The van der Waals surface area contributed by atoms with Gasteiger partial charge in [0.25, 0.3) is 5.91 Å². The van der Waals surface area contributed by atoms with Crippen molar-refractivity contribution in [1.29, 1.82) is 0 Å². The summed E-state index contributed by atoms with van der Waals surface area (Å²) < 4.78 is 0.0338. The Hall–Kier alpha value is -1.24. The number of carbonyl (C=O) groups is 3. The fraction of sp³-hybridized carbons (Fsp3) is 0.750. The van der Waals surface area contributed by atoms with Crippen molar-refractivity contribution >= 4 is 29.6 Å². The first kappa shape index (κ1) is 14.2. The highest BCUT2D eigenvalue weighted by molar-refractivity contribution is 8.01. The van der Waals surface area contributed by atoms with Gasteiger partial charge in [-0.05, 0) is 6.42 Å². The van der Waals surface area contributed by atoms with Gasteiger partial charge in [-0.1, -0.05) is 20.8 Å². The Morgan fingerprint density at radius 2 is 2.11 bits per heavy atom. The Bertz CT molecular complexity index is 432. The molecule has 2 fully saturated rings. The molecule has 2 saturated heterocycles. The third-order valence-electron chi connectivity index (χ3n) is 3.27. The van der Waals surface area contributed by atoms with Crippen molar-refractivity contribution in [2.24, 2.45) is 0 Å². The van der Waals surface area contributed by atoms with Crippen molar-refractivity contribution in [3.8, 4) is 0 Å². The number of rotatable bonds is 2. The van der Waals surface area contributed by atoms with E-state index in [1.165, 1.54) is 0 Å². The summed E-state index contributed by atoms with van der Waals surface area (Å²) in [5, 5.41) is 4.87. The Balaban J connectivity index is 1.93. The van der Waals surface area contributed by atoms with E-state index in [1.807, 2.05) is 0 Å². The van der Waals surface area contributed by atoms with E-state index in [9.17, 15) is 14.4 Å². The molecule has 106 valence electrons. The van der Waals surface area contributed by atoms with Crippen LogP contribution in [0.3, 0.4) is 0 Å². The topological polar surface area (TPSA) is 78.5 Å². The predicted octanol–water partition coefficient (Wildman–Crippen LogP) is 0.329. The fourth-order valence-electron chi connectivity index (χ4n) is 2.21. The number of urea groups is 1. The van der Waals surface area contributed by atoms with Crippen LogP contribution in [0.5, 0.6) is 0 Å². The second-order valence-electron chi connectivity index (χ2n) is 5.96. The van der Waals surface area contributed by atoms with Crippen LogP contribution in [0.15, 0.2) is 0 Å². The maximum Gasteiger partial charge on any atom is 0.322 e. The summed E-state index contributed by atoms with van der Waals surface area (Å²) in [5.41, 5.74) is -0.904. The molecule has 2 heterocycles. The number of amides is 4. The van der Waals surface area contributed by atoms with Crippen LogP contribution in [0.25, 0.3) is 0 Å². The third kappa shape index (κ3) is 3.02. The number of hydrogen-bond donors (Lipinski definition) is 2. The third-order valence-corrected chi connectivity index (χ3v) is 4.52. The number of nitrogens with zero attached hydrogens (tertiary/aromatic N) is 1. The maximum atomic E-state index is 12.1. The molecule has 2 N–H and O–H groups in total. The second-order valence-corrected chi connectivity index (χ2v) is 7.76. The number of thioether (sulfide) groups is 1. The number of carbonyl (C=O) groups excluding carboxylic acids is 3. The fourth-order valence-corrected chi connectivity index (χ4v) is 2.95. The average Bonchev–Trinajstić information content (AvgIpc) is 2.81. The van der Waals surface area contributed by atoms with Crippen molar-refractivity contribution < 1.29 is 14.4 Å². The molecular weight excluding hydrogens is 266 g/mol. The van der Waals surface area contributed by atoms with Crippen molar-refractivity contribution in [2.45, 2.75) is 37.5 Å². The van der Waals surface area contributed by atoms with E-state index in [0.717, 1.165) is 0 Å². The first-order chi connectivity index (χ1) is 8.72. The van der Waals surface area contributed by atoms with Crippen molar-refractivity contribution in [1.82, 2.24) is 15.5 Å². The molecule has 6 nitrogen and oxygen atoms in total. The lowest BCUT2D eigenvalue weighted by molar-refractivity contribution is -0.128. The Morgan fingerprint density at radius 1 is 1.42 bits per heavy atom. The average molecular weight is 285 g/mol. The van der Waals surface area contributed by atoms with Crippen LogP contribution in [-0.2, 0) is 9.59 Å². The molecule has 0 saturated carbocycles. The standard InChI is InChI=1S/C12H19N3O3S/c1-11(2,3)19-6-8(16)15-5-4-12(7-15)9(17)13-10(18)14-12/h4-7H2,1-3H3,(H2,13,14,17,18). The quantitative estimate of drug-likeness (QED) is 0.717. The van der Waals surface area contributed by atoms with Crippen LogP contribution in [0.4, 0.5) is 4.79 Å². The van der Waals surface area contributed by atoms with E-state index in [1.54, 1.807) is 16.7 Å². The molecule has 4 amide bonds. The van der Waals surface area contributed by atoms with E-state index < -0.39 is 11.6 Å². The Labute approximate surface area is 116 Å². The van der Waals surface area contributed by atoms with Crippen LogP contribution < -0.4 is 10.6 Å². The molecule has 2 rings (SSSR count). The highest BCUT2D eigenvalue weighted by atomic mass is 32.2. The minimum atomic E-state index is -0.904. The minimum Gasteiger partial charge on any atom is -0.339 e. The van der Waals surface area contributed by atoms with Crippen LogP contribution in [0.1, 0.15) is 27.2 Å². The summed E-state index contributed by atoms with van der Waals surface area (Å²) >= 11 is 1.58. The first-order valence-electron chi connectivity index (χ1n) is 6.27. The Kier molecular flexibility index (Phi) is 3.51. The summed E-state index contributed by atoms with van der Waals surface area (Å²) in [5.74, 6) is 0.0943. The number of nitrogens with one attached hydrogen (secondary N) is 2. The number of likely N-dealkylation sites (tertiary alicyclic amines) is 1. The second kappa shape index (κ2) is 4.70. The van der Waals surface area contributed by atoms with Crippen LogP contribution >= 0.6 is 11.8 Å². The van der Waals surface area contributed by atoms with Crippen LogP contribution in [-0.4, -0.2) is 51.9 Å². The van der Waals surface area contributed by atoms with Crippen LogP contribution in [0.2, 0.25) is 0 Å². The Morgan fingerprint density at radius 3 is 2.63 bits per heavy atom. The number of imide groups is 1. The molecule has 7 heteroatoms. The highest BCUT2D eigenvalue weighted by Crippen LogP contribution is 2.27. The molecule has 0 aromatic rings. The lowest BCUT2D eigenvalue weighted by Gasteiger charge is -2.23. The van der Waals surface area contributed by atoms with Gasteiger partial charge in [0.2, 0.25) is 5.91 Å². The lowest BCUT2D eigenvalue weighted by atomic mass is 10.00. The van der Waals surface area contributed by atoms with E-state index in [-0.39, 0.29) is 23.1 Å². The molecule has 2 aliphatic heterocycles. The zero-order valence-corrected chi connectivity index (χ0v) is 12.2. The minimum absolute atomic E-state index is 0.0192. The number of hydrogen-bond acceptors (Lipinski definition) is 4. The van der Waals surface area contributed by atoms with Crippen molar-refractivity contribution in [3.05, 3.63) is 0 Å². The monoisotopic (exact) mass is 285 g/mol. The summed E-state index contributed by atoms with van der Waals surface area (Å²) in [6, 6.07) is -0.469. The van der Waals surface area contributed by atoms with Gasteiger partial charge in [0.15, 0.2) is 0 Å². The SMILES string of the molecule is CC(C)(C)SCC(=O)N1CCC2(C1)NC(=O)NC2=O. The van der Waals surface area contributed by atoms with Gasteiger partial charge in [-0.25, -0.2) is 4.79 Å². The zero-order chi connectivity index (χ0) is 14.3. The van der Waals surface area contributed by atoms with Gasteiger partial charge in [-0.3, -0.25) is 14.9 Å². The molecule has 1 atom stereocenters. The molecule has 19 heavy (non-hydrogen) atoms. The molecule has 1 unspecified atom stereocenters. The zero-order valence-electron chi connectivity index (χ0n) is 11.4. The summed E-state index contributed by atoms with van der Waals surface area (Å²) in [7, 11) is 0. The molecule has 0 radical (unpaired) electrons. The molecule has 2 aliphatic rings. The van der Waals surface area contributed by atoms with Crippen molar-refractivity contribution in [2.75, 3.05) is 18.8 Å². The van der Waals surface area contributed by atoms with Gasteiger partial charge in [0, 0.05) is 11.3 Å². The normalized spacial score (nSPS) is 26.8. The van der Waals surface area contributed by atoms with E-state index in [2.05, 4.69) is 31.4 Å².